The fourth-order valence-electron chi connectivity index (χ4n) is 3.58. The molecular weight excluding hydrogens is 416 g/mol. The Morgan fingerprint density at radius 3 is 2.30 bits per heavy atom. The number of anilines is 1. The molecule has 0 heterocycles. The van der Waals surface area contributed by atoms with Gasteiger partial charge in [-0.05, 0) is 60.4 Å². The molecule has 0 radical (unpaired) electrons. The third kappa shape index (κ3) is 6.59. The zero-order chi connectivity index (χ0) is 23.6. The smallest absolute Gasteiger partial charge is 0.328 e. The van der Waals surface area contributed by atoms with E-state index >= 15 is 0 Å². The fourth-order valence-corrected chi connectivity index (χ4v) is 3.58. The van der Waals surface area contributed by atoms with Crippen LogP contribution in [-0.4, -0.2) is 38.7 Å². The van der Waals surface area contributed by atoms with Gasteiger partial charge in [0.15, 0.2) is 0 Å². The van der Waals surface area contributed by atoms with Crippen LogP contribution in [0.2, 0.25) is 0 Å². The van der Waals surface area contributed by atoms with Gasteiger partial charge in [-0.3, -0.25) is 4.79 Å². The zero-order valence-electron chi connectivity index (χ0n) is 19.3. The van der Waals surface area contributed by atoms with Crippen LogP contribution in [0.5, 0.6) is 5.75 Å². The van der Waals surface area contributed by atoms with E-state index < -0.39 is 12.0 Å². The van der Waals surface area contributed by atoms with Gasteiger partial charge in [0.2, 0.25) is 0 Å². The summed E-state index contributed by atoms with van der Waals surface area (Å²) in [5, 5.41) is 5.82. The van der Waals surface area contributed by atoms with Gasteiger partial charge in [-0.25, -0.2) is 4.79 Å². The molecule has 0 aliphatic heterocycles. The molecular formula is C27H30N2O4. The van der Waals surface area contributed by atoms with Crippen molar-refractivity contribution in [2.45, 2.75) is 25.8 Å². The van der Waals surface area contributed by atoms with Crippen LogP contribution in [-0.2, 0) is 22.4 Å². The number of amides is 1. The Morgan fingerprint density at radius 1 is 0.939 bits per heavy atom. The molecule has 1 amide bonds. The minimum Gasteiger partial charge on any atom is -0.494 e. The van der Waals surface area contributed by atoms with Crippen LogP contribution >= 0.6 is 0 Å². The monoisotopic (exact) mass is 446 g/mol. The number of esters is 1. The Kier molecular flexibility index (Phi) is 8.47. The predicted octanol–water partition coefficient (Wildman–Crippen LogP) is 4.23. The number of hydrogen-bond acceptors (Lipinski definition) is 5. The lowest BCUT2D eigenvalue weighted by Gasteiger charge is -2.19. The van der Waals surface area contributed by atoms with Gasteiger partial charge in [0.1, 0.15) is 11.8 Å². The highest BCUT2D eigenvalue weighted by Crippen LogP contribution is 2.24. The molecule has 0 aliphatic rings. The first-order valence-corrected chi connectivity index (χ1v) is 11.0. The van der Waals surface area contributed by atoms with E-state index in [1.54, 1.807) is 24.3 Å². The maximum atomic E-state index is 12.8. The van der Waals surface area contributed by atoms with E-state index in [4.69, 9.17) is 9.47 Å². The van der Waals surface area contributed by atoms with E-state index in [1.807, 2.05) is 50.4 Å². The summed E-state index contributed by atoms with van der Waals surface area (Å²) in [5.74, 6) is -0.148. The van der Waals surface area contributed by atoms with Crippen molar-refractivity contribution in [3.63, 3.8) is 0 Å². The summed E-state index contributed by atoms with van der Waals surface area (Å²) in [7, 11) is 3.12. The van der Waals surface area contributed by atoms with E-state index in [9.17, 15) is 9.59 Å². The Morgan fingerprint density at radius 2 is 1.67 bits per heavy atom. The second-order valence-electron chi connectivity index (χ2n) is 7.62. The Hall–Kier alpha value is -3.80. The Labute approximate surface area is 194 Å². The lowest BCUT2D eigenvalue weighted by Crippen LogP contribution is -2.43. The van der Waals surface area contributed by atoms with Crippen LogP contribution in [0.15, 0.2) is 72.8 Å². The van der Waals surface area contributed by atoms with Crippen LogP contribution in [0.25, 0.3) is 0 Å². The molecule has 0 aliphatic carbocycles. The predicted molar refractivity (Wildman–Crippen MR) is 130 cm³/mol. The Balaban J connectivity index is 1.79. The molecule has 33 heavy (non-hydrogen) atoms. The quantitative estimate of drug-likeness (QED) is 0.456. The van der Waals surface area contributed by atoms with Gasteiger partial charge in [-0.2, -0.15) is 0 Å². The number of ether oxygens (including phenoxy) is 2. The fraction of sp³-hybridized carbons (Fsp3) is 0.259. The zero-order valence-corrected chi connectivity index (χ0v) is 19.3. The van der Waals surface area contributed by atoms with Gasteiger partial charge in [0.25, 0.3) is 5.91 Å². The Bertz CT molecular complexity index is 1070. The summed E-state index contributed by atoms with van der Waals surface area (Å²) in [5.41, 5.74) is 4.50. The first-order valence-electron chi connectivity index (χ1n) is 11.0. The normalized spacial score (nSPS) is 11.4. The molecule has 1 atom stereocenters. The van der Waals surface area contributed by atoms with Crippen LogP contribution in [0.4, 0.5) is 5.69 Å². The van der Waals surface area contributed by atoms with Crippen LogP contribution in [0, 0.1) is 0 Å². The van der Waals surface area contributed by atoms with E-state index in [-0.39, 0.29) is 12.3 Å². The number of benzene rings is 3. The first kappa shape index (κ1) is 23.9. The standard InChI is InChI=1S/C27H30N2O4/c1-4-33-25-17-20(16-19-8-6-5-7-9-19)10-11-22(25)18-24(27(31)32-3)29-26(30)21-12-14-23(28-2)15-13-21/h5-15,17,24,28H,4,16,18H2,1-3H3,(H,29,30)/t24-/m0/s1. The molecule has 0 spiro atoms. The number of nitrogens with one attached hydrogen (secondary N) is 2. The van der Waals surface area contributed by atoms with Crippen LogP contribution in [0.1, 0.15) is 34.0 Å². The van der Waals surface area contributed by atoms with Gasteiger partial charge >= 0.3 is 5.97 Å². The van der Waals surface area contributed by atoms with Crippen molar-refractivity contribution in [2.24, 2.45) is 0 Å². The highest BCUT2D eigenvalue weighted by atomic mass is 16.5. The van der Waals surface area contributed by atoms with Gasteiger partial charge < -0.3 is 20.1 Å². The van der Waals surface area contributed by atoms with Crippen molar-refractivity contribution in [1.29, 1.82) is 0 Å². The molecule has 0 unspecified atom stereocenters. The van der Waals surface area contributed by atoms with Crippen molar-refractivity contribution >= 4 is 17.6 Å². The van der Waals surface area contributed by atoms with Crippen molar-refractivity contribution < 1.29 is 19.1 Å². The summed E-state index contributed by atoms with van der Waals surface area (Å²) in [6, 6.07) is 22.4. The van der Waals surface area contributed by atoms with Gasteiger partial charge in [-0.15, -0.1) is 0 Å². The third-order valence-electron chi connectivity index (χ3n) is 5.33. The van der Waals surface area contributed by atoms with Crippen molar-refractivity contribution in [3.8, 4) is 5.75 Å². The van der Waals surface area contributed by atoms with Crippen molar-refractivity contribution in [2.75, 3.05) is 26.1 Å². The van der Waals surface area contributed by atoms with E-state index in [0.29, 0.717) is 17.9 Å². The average Bonchev–Trinajstić information content (AvgIpc) is 2.85. The molecule has 0 saturated carbocycles. The number of methoxy groups -OCH3 is 1. The molecule has 6 heteroatoms. The molecule has 2 N–H and O–H groups in total. The first-order chi connectivity index (χ1) is 16.0. The van der Waals surface area contributed by atoms with Gasteiger partial charge in [0.05, 0.1) is 13.7 Å². The summed E-state index contributed by atoms with van der Waals surface area (Å²) >= 11 is 0. The van der Waals surface area contributed by atoms with Crippen LogP contribution < -0.4 is 15.4 Å². The molecule has 0 aromatic heterocycles. The number of carbonyl (C=O) groups excluding carboxylic acids is 2. The summed E-state index contributed by atoms with van der Waals surface area (Å²) in [4.78, 5) is 25.2. The molecule has 3 aromatic carbocycles. The largest absolute Gasteiger partial charge is 0.494 e. The summed E-state index contributed by atoms with van der Waals surface area (Å²) < 4.78 is 10.8. The van der Waals surface area contributed by atoms with Crippen molar-refractivity contribution in [1.82, 2.24) is 5.32 Å². The molecule has 3 aromatic rings. The average molecular weight is 447 g/mol. The maximum Gasteiger partial charge on any atom is 0.328 e. The number of hydrogen-bond donors (Lipinski definition) is 2. The van der Waals surface area contributed by atoms with E-state index in [0.717, 1.165) is 23.2 Å². The molecule has 0 bridgehead atoms. The number of rotatable bonds is 10. The maximum absolute atomic E-state index is 12.8. The number of carbonyl (C=O) groups is 2. The second-order valence-corrected chi connectivity index (χ2v) is 7.62. The minimum absolute atomic E-state index is 0.258. The van der Waals surface area contributed by atoms with Gasteiger partial charge in [-0.1, -0.05) is 42.5 Å². The lowest BCUT2D eigenvalue weighted by molar-refractivity contribution is -0.142. The van der Waals surface area contributed by atoms with E-state index in [1.165, 1.54) is 12.7 Å². The summed E-state index contributed by atoms with van der Waals surface area (Å²) in [6.45, 7) is 2.41. The molecule has 172 valence electrons. The SMILES string of the molecule is CCOc1cc(Cc2ccccc2)ccc1C[C@H](NC(=O)c1ccc(NC)cc1)C(=O)OC. The molecule has 0 saturated heterocycles. The lowest BCUT2D eigenvalue weighted by atomic mass is 9.99. The molecule has 6 nitrogen and oxygen atoms in total. The second kappa shape index (κ2) is 11.7. The minimum atomic E-state index is -0.842. The third-order valence-corrected chi connectivity index (χ3v) is 5.33. The van der Waals surface area contributed by atoms with Gasteiger partial charge in [0, 0.05) is 24.7 Å². The summed E-state index contributed by atoms with van der Waals surface area (Å²) in [6.07, 6.45) is 1.04. The molecule has 3 rings (SSSR count). The highest BCUT2D eigenvalue weighted by molar-refractivity contribution is 5.97. The highest BCUT2D eigenvalue weighted by Gasteiger charge is 2.24. The van der Waals surface area contributed by atoms with E-state index in [2.05, 4.69) is 22.8 Å². The van der Waals surface area contributed by atoms with Crippen molar-refractivity contribution in [3.05, 3.63) is 95.1 Å². The molecule has 0 fully saturated rings. The van der Waals surface area contributed by atoms with Crippen LogP contribution in [0.3, 0.4) is 0 Å². The topological polar surface area (TPSA) is 76.7 Å².